The molecule has 0 bridgehead atoms. The third-order valence-electron chi connectivity index (χ3n) is 8.65. The van der Waals surface area contributed by atoms with Crippen LogP contribution in [0.3, 0.4) is 0 Å². The van der Waals surface area contributed by atoms with Crippen molar-refractivity contribution < 1.29 is 59.5 Å². The summed E-state index contributed by atoms with van der Waals surface area (Å²) in [5, 5.41) is 59.3. The second-order valence-corrected chi connectivity index (χ2v) is 10.6. The van der Waals surface area contributed by atoms with Crippen LogP contribution in [0.5, 0.6) is 0 Å². The van der Waals surface area contributed by atoms with E-state index in [2.05, 4.69) is 0 Å². The highest BCUT2D eigenvalue weighted by molar-refractivity contribution is 5.73. The Bertz CT molecular complexity index is 709. The molecular weight excluding hydrogens is 476 g/mol. The van der Waals surface area contributed by atoms with E-state index in [1.807, 2.05) is 13.8 Å². The van der Waals surface area contributed by atoms with Crippen molar-refractivity contribution in [2.45, 2.75) is 101 Å². The van der Waals surface area contributed by atoms with Crippen molar-refractivity contribution in [1.29, 1.82) is 0 Å². The van der Waals surface area contributed by atoms with Gasteiger partial charge in [-0.2, -0.15) is 0 Å². The summed E-state index contributed by atoms with van der Waals surface area (Å²) in [5.41, 5.74) is 0. The number of hydrogen-bond donors (Lipinski definition) is 8. The molecule has 0 radical (unpaired) electrons. The molecule has 0 amide bonds. The van der Waals surface area contributed by atoms with Gasteiger partial charge in [0.15, 0.2) is 0 Å². The first-order valence-corrected chi connectivity index (χ1v) is 13.1. The van der Waals surface area contributed by atoms with Gasteiger partial charge in [0.2, 0.25) is 0 Å². The van der Waals surface area contributed by atoms with Crippen LogP contribution < -0.4 is 9.80 Å². The van der Waals surface area contributed by atoms with E-state index in [0.29, 0.717) is 26.3 Å². The van der Waals surface area contributed by atoms with E-state index in [9.17, 15) is 40.2 Å². The summed E-state index contributed by atoms with van der Waals surface area (Å²) < 4.78 is 10.0. The van der Waals surface area contributed by atoms with Gasteiger partial charge in [-0.25, -0.2) is 0 Å². The van der Waals surface area contributed by atoms with Gasteiger partial charge in [-0.1, -0.05) is 0 Å². The van der Waals surface area contributed by atoms with Crippen LogP contribution >= 0.6 is 0 Å². The number of nitrogens with one attached hydrogen (secondary N) is 2. The number of aliphatic hydroxyl groups is 6. The van der Waals surface area contributed by atoms with Crippen LogP contribution in [0.2, 0.25) is 0 Å². The summed E-state index contributed by atoms with van der Waals surface area (Å²) in [6.07, 6.45) is -4.47. The van der Waals surface area contributed by atoms with Crippen LogP contribution in [-0.4, -0.2) is 130 Å². The maximum atomic E-state index is 11.8. The second-order valence-electron chi connectivity index (χ2n) is 10.6. The molecule has 0 aromatic rings. The summed E-state index contributed by atoms with van der Waals surface area (Å²) in [6.45, 7) is 8.67. The minimum absolute atomic E-state index is 0.0655. The van der Waals surface area contributed by atoms with Gasteiger partial charge in [-0.3, -0.25) is 9.59 Å². The number of carbonyl (C=O) groups is 2. The fourth-order valence-electron chi connectivity index (χ4n) is 6.68. The summed E-state index contributed by atoms with van der Waals surface area (Å²) in [6, 6.07) is -0.935. The monoisotopic (exact) mass is 520 g/mol. The number of esters is 2. The molecule has 7 unspecified atom stereocenters. The van der Waals surface area contributed by atoms with Crippen molar-refractivity contribution in [3.05, 3.63) is 0 Å². The minimum atomic E-state index is -0.916. The van der Waals surface area contributed by atoms with Crippen LogP contribution in [-0.2, 0) is 19.1 Å². The number of aliphatic hydroxyl groups excluding tert-OH is 6. The van der Waals surface area contributed by atoms with E-state index in [4.69, 9.17) is 9.47 Å². The quantitative estimate of drug-likeness (QED) is 0.167. The molecule has 4 rings (SSSR count). The van der Waals surface area contributed by atoms with Gasteiger partial charge in [0.1, 0.15) is 73.6 Å². The normalized spacial score (nSPS) is 47.7. The highest BCUT2D eigenvalue weighted by Crippen LogP contribution is 2.25. The average Bonchev–Trinajstić information content (AvgIpc) is 3.30. The van der Waals surface area contributed by atoms with Gasteiger partial charge >= 0.3 is 11.9 Å². The van der Waals surface area contributed by atoms with Crippen molar-refractivity contribution >= 4 is 11.9 Å². The van der Waals surface area contributed by atoms with Gasteiger partial charge in [-0.15, -0.1) is 0 Å². The predicted molar refractivity (Wildman–Crippen MR) is 124 cm³/mol. The molecule has 0 aromatic carbocycles. The highest BCUT2D eigenvalue weighted by Gasteiger charge is 2.57. The number of carbonyl (C=O) groups excluding carboxylic acids is 2. The first-order chi connectivity index (χ1) is 16.9. The maximum Gasteiger partial charge on any atom is 0.315 e. The Labute approximate surface area is 211 Å². The smallest absolute Gasteiger partial charge is 0.315 e. The molecule has 0 aliphatic carbocycles. The topological polar surface area (TPSA) is 183 Å². The molecule has 12 heteroatoms. The largest absolute Gasteiger partial charge is 0.466 e. The predicted octanol–water partition coefficient (Wildman–Crippen LogP) is -5.38. The Morgan fingerprint density at radius 2 is 1.00 bits per heavy atom. The second kappa shape index (κ2) is 12.0. The summed E-state index contributed by atoms with van der Waals surface area (Å²) in [5.74, 6) is -1.34. The molecule has 36 heavy (non-hydrogen) atoms. The van der Waals surface area contributed by atoms with E-state index >= 15 is 0 Å². The van der Waals surface area contributed by atoms with Crippen molar-refractivity contribution in [3.63, 3.8) is 0 Å². The van der Waals surface area contributed by atoms with Gasteiger partial charge in [0.05, 0.1) is 25.3 Å². The van der Waals surface area contributed by atoms with Gasteiger partial charge in [-0.05, 0) is 40.5 Å². The van der Waals surface area contributed by atoms with Crippen LogP contribution in [0.4, 0.5) is 0 Å². The molecule has 0 spiro atoms. The molecule has 8 N–H and O–H groups in total. The lowest BCUT2D eigenvalue weighted by molar-refractivity contribution is -0.950. The Morgan fingerprint density at radius 3 is 1.31 bits per heavy atom. The zero-order valence-corrected chi connectivity index (χ0v) is 21.5. The molecular formula is C24H44N2O10+2. The van der Waals surface area contributed by atoms with Crippen LogP contribution in [0, 0.1) is 11.8 Å². The molecule has 12 nitrogen and oxygen atoms in total. The Kier molecular flexibility index (Phi) is 9.72. The van der Waals surface area contributed by atoms with Gasteiger partial charge in [0, 0.05) is 0 Å². The lowest BCUT2D eigenvalue weighted by atomic mass is 9.84. The van der Waals surface area contributed by atoms with Crippen molar-refractivity contribution in [1.82, 2.24) is 0 Å². The lowest BCUT2D eigenvalue weighted by Crippen LogP contribution is -3.21. The molecule has 14 atom stereocenters. The van der Waals surface area contributed by atoms with Crippen LogP contribution in [0.1, 0.15) is 40.5 Å². The Hall–Kier alpha value is -1.38. The molecule has 4 fully saturated rings. The van der Waals surface area contributed by atoms with Gasteiger partial charge < -0.3 is 49.9 Å². The van der Waals surface area contributed by atoms with E-state index in [0.717, 1.165) is 9.80 Å². The van der Waals surface area contributed by atoms with Crippen LogP contribution in [0.25, 0.3) is 0 Å². The SMILES string of the molecule is CCOC(=O)C1CC(O)[C@@H]2C(O)[C@@H](O)C[NH+]2C1C.CCOC(=O)C1C[C@@H](O)[C@@H]2[C@H](O)[C@H](O)C[NH+]2[C@H]1C. The number of fused-ring (bicyclic) bond motifs is 2. The fraction of sp³-hybridized carbons (Fsp3) is 0.917. The molecule has 4 saturated heterocycles. The van der Waals surface area contributed by atoms with E-state index in [1.54, 1.807) is 13.8 Å². The molecule has 4 aliphatic rings. The molecule has 0 saturated carbocycles. The number of hydrogen-bond acceptors (Lipinski definition) is 10. The number of rotatable bonds is 4. The Balaban J connectivity index is 0.000000201. The summed E-state index contributed by atoms with van der Waals surface area (Å²) in [7, 11) is 0. The first kappa shape index (κ1) is 29.2. The average molecular weight is 521 g/mol. The zero-order chi connectivity index (χ0) is 26.9. The minimum Gasteiger partial charge on any atom is -0.466 e. The van der Waals surface area contributed by atoms with E-state index < -0.39 is 48.7 Å². The van der Waals surface area contributed by atoms with Crippen LogP contribution in [0.15, 0.2) is 0 Å². The number of piperidine rings is 2. The van der Waals surface area contributed by atoms with E-state index in [1.165, 1.54) is 0 Å². The number of ether oxygens (including phenoxy) is 2. The molecule has 4 aliphatic heterocycles. The molecule has 0 aromatic heterocycles. The number of quaternary nitrogens is 2. The molecule has 4 heterocycles. The van der Waals surface area contributed by atoms with Gasteiger partial charge in [0.25, 0.3) is 0 Å². The van der Waals surface area contributed by atoms with E-state index in [-0.39, 0.29) is 48.7 Å². The zero-order valence-electron chi connectivity index (χ0n) is 21.5. The van der Waals surface area contributed by atoms with Crippen molar-refractivity contribution in [2.24, 2.45) is 11.8 Å². The summed E-state index contributed by atoms with van der Waals surface area (Å²) >= 11 is 0. The van der Waals surface area contributed by atoms with Crippen molar-refractivity contribution in [2.75, 3.05) is 26.3 Å². The third-order valence-corrected chi connectivity index (χ3v) is 8.65. The summed E-state index contributed by atoms with van der Waals surface area (Å²) in [4.78, 5) is 25.5. The standard InChI is InChI=1S/2C12H21NO5/c2*1-3-18-12(17)7-4-8(14)10-11(16)9(15)5-13(10)6(7)2/h2*6-11,14-16H,3-5H2,1-2H3/p+2/t6?,7?,8?,9-,10+,11?;6-,7?,8+,9+,10+,11+/m00/s1. The highest BCUT2D eigenvalue weighted by atomic mass is 16.5. The Morgan fingerprint density at radius 1 is 0.667 bits per heavy atom. The third kappa shape index (κ3) is 5.56. The van der Waals surface area contributed by atoms with Crippen molar-refractivity contribution in [3.8, 4) is 0 Å². The fourth-order valence-corrected chi connectivity index (χ4v) is 6.68. The first-order valence-electron chi connectivity index (χ1n) is 13.1. The maximum absolute atomic E-state index is 11.8. The molecule has 208 valence electrons. The lowest BCUT2D eigenvalue weighted by Gasteiger charge is -2.40.